The smallest absolute Gasteiger partial charge is 0.339 e. The van der Waals surface area contributed by atoms with E-state index >= 15 is 0 Å². The molecule has 0 spiro atoms. The lowest BCUT2D eigenvalue weighted by Crippen LogP contribution is -2.14. The zero-order valence-electron chi connectivity index (χ0n) is 8.60. The van der Waals surface area contributed by atoms with Crippen LogP contribution in [0, 0.1) is 10.1 Å². The van der Waals surface area contributed by atoms with Crippen LogP contribution in [0.4, 0.5) is 11.4 Å². The van der Waals surface area contributed by atoms with Crippen LogP contribution in [0.2, 0.25) is 5.02 Å². The zero-order chi connectivity index (χ0) is 12.5. The molecule has 0 saturated heterocycles. The standard InChI is InChI=1S/C9H9ClN2O4/c1-11(2)5-3-4-6(12(15)16)8(10)7(5)9(13)14/h3-4H,1-2H3,(H,13,14). The quantitative estimate of drug-likeness (QED) is 0.649. The van der Waals surface area contributed by atoms with Gasteiger partial charge in [-0.15, -0.1) is 0 Å². The summed E-state index contributed by atoms with van der Waals surface area (Å²) < 4.78 is 0. The molecule has 1 N–H and O–H groups in total. The highest BCUT2D eigenvalue weighted by molar-refractivity contribution is 6.36. The molecule has 16 heavy (non-hydrogen) atoms. The highest BCUT2D eigenvalue weighted by Gasteiger charge is 2.24. The lowest BCUT2D eigenvalue weighted by molar-refractivity contribution is -0.384. The van der Waals surface area contributed by atoms with Crippen molar-refractivity contribution in [3.8, 4) is 0 Å². The van der Waals surface area contributed by atoms with Gasteiger partial charge in [0, 0.05) is 20.2 Å². The summed E-state index contributed by atoms with van der Waals surface area (Å²) in [4.78, 5) is 22.4. The first-order valence-corrected chi connectivity index (χ1v) is 4.61. The molecule has 0 aliphatic heterocycles. The maximum absolute atomic E-state index is 11.0. The molecule has 6 nitrogen and oxygen atoms in total. The Labute approximate surface area is 96.2 Å². The molecule has 1 rings (SSSR count). The number of halogens is 1. The van der Waals surface area contributed by atoms with Crippen LogP contribution in [-0.4, -0.2) is 30.1 Å². The molecule has 0 saturated carbocycles. The number of aromatic carboxylic acids is 1. The number of hydrogen-bond donors (Lipinski definition) is 1. The normalized spacial score (nSPS) is 9.94. The molecule has 86 valence electrons. The predicted molar refractivity (Wildman–Crippen MR) is 59.4 cm³/mol. The summed E-state index contributed by atoms with van der Waals surface area (Å²) in [5.41, 5.74) is -0.353. The number of carboxylic acid groups (broad SMARTS) is 1. The van der Waals surface area contributed by atoms with Gasteiger partial charge in [-0.25, -0.2) is 4.79 Å². The molecule has 0 aliphatic carbocycles. The molecule has 0 radical (unpaired) electrons. The second-order valence-electron chi connectivity index (χ2n) is 3.25. The van der Waals surface area contributed by atoms with E-state index in [1.54, 1.807) is 14.1 Å². The minimum Gasteiger partial charge on any atom is -0.478 e. The predicted octanol–water partition coefficient (Wildman–Crippen LogP) is 2.01. The van der Waals surface area contributed by atoms with Crippen molar-refractivity contribution in [1.29, 1.82) is 0 Å². The largest absolute Gasteiger partial charge is 0.478 e. The molecule has 0 amide bonds. The van der Waals surface area contributed by atoms with E-state index in [2.05, 4.69) is 0 Å². The molecule has 0 bridgehead atoms. The maximum Gasteiger partial charge on any atom is 0.339 e. The second-order valence-corrected chi connectivity index (χ2v) is 3.63. The van der Waals surface area contributed by atoms with Gasteiger partial charge in [0.2, 0.25) is 0 Å². The maximum atomic E-state index is 11.0. The monoisotopic (exact) mass is 244 g/mol. The average molecular weight is 245 g/mol. The second kappa shape index (κ2) is 4.36. The van der Waals surface area contributed by atoms with E-state index in [1.807, 2.05) is 0 Å². The molecule has 0 aromatic heterocycles. The van der Waals surface area contributed by atoms with Crippen molar-refractivity contribution in [3.63, 3.8) is 0 Å². The lowest BCUT2D eigenvalue weighted by atomic mass is 10.1. The summed E-state index contributed by atoms with van der Waals surface area (Å²) >= 11 is 5.70. The van der Waals surface area contributed by atoms with E-state index in [-0.39, 0.29) is 10.6 Å². The van der Waals surface area contributed by atoms with Gasteiger partial charge in [0.25, 0.3) is 5.69 Å². The SMILES string of the molecule is CN(C)c1ccc([N+](=O)[O-])c(Cl)c1C(=O)O. The van der Waals surface area contributed by atoms with Crippen molar-refractivity contribution >= 4 is 28.9 Å². The highest BCUT2D eigenvalue weighted by atomic mass is 35.5. The average Bonchev–Trinajstić information content (AvgIpc) is 2.15. The van der Waals surface area contributed by atoms with E-state index in [4.69, 9.17) is 16.7 Å². The Balaban J connectivity index is 3.54. The fourth-order valence-electron chi connectivity index (χ4n) is 1.27. The minimum atomic E-state index is -1.29. The molecule has 1 aromatic carbocycles. The van der Waals surface area contributed by atoms with Gasteiger partial charge in [-0.2, -0.15) is 0 Å². The van der Waals surface area contributed by atoms with Crippen LogP contribution in [0.5, 0.6) is 0 Å². The molecule has 0 unspecified atom stereocenters. The summed E-state index contributed by atoms with van der Waals surface area (Å²) in [6.07, 6.45) is 0. The fourth-order valence-corrected chi connectivity index (χ4v) is 1.58. The summed E-state index contributed by atoms with van der Waals surface area (Å²) in [6, 6.07) is 2.54. The molecular formula is C9H9ClN2O4. The van der Waals surface area contributed by atoms with Crippen molar-refractivity contribution in [1.82, 2.24) is 0 Å². The van der Waals surface area contributed by atoms with Crippen LogP contribution >= 0.6 is 11.6 Å². The molecule has 7 heteroatoms. The Morgan fingerprint density at radius 2 is 2.06 bits per heavy atom. The van der Waals surface area contributed by atoms with Gasteiger partial charge in [-0.05, 0) is 6.07 Å². The fraction of sp³-hybridized carbons (Fsp3) is 0.222. The topological polar surface area (TPSA) is 83.7 Å². The number of carbonyl (C=O) groups is 1. The van der Waals surface area contributed by atoms with Crippen LogP contribution in [0.1, 0.15) is 10.4 Å². The van der Waals surface area contributed by atoms with Crippen LogP contribution in [0.15, 0.2) is 12.1 Å². The Bertz CT molecular complexity index is 459. The van der Waals surface area contributed by atoms with Gasteiger partial charge in [0.05, 0.1) is 10.6 Å². The van der Waals surface area contributed by atoms with Crippen molar-refractivity contribution in [2.75, 3.05) is 19.0 Å². The van der Waals surface area contributed by atoms with Crippen LogP contribution < -0.4 is 4.90 Å². The van der Waals surface area contributed by atoms with Crippen molar-refractivity contribution < 1.29 is 14.8 Å². The number of carboxylic acids is 1. The summed E-state index contributed by atoms with van der Waals surface area (Å²) in [7, 11) is 3.26. The van der Waals surface area contributed by atoms with Gasteiger partial charge in [-0.3, -0.25) is 10.1 Å². The van der Waals surface area contributed by atoms with Gasteiger partial charge >= 0.3 is 5.97 Å². The summed E-state index contributed by atoms with van der Waals surface area (Å²) in [6.45, 7) is 0. The minimum absolute atomic E-state index is 0.263. The molecule has 0 atom stereocenters. The third-order valence-corrected chi connectivity index (χ3v) is 2.37. The van der Waals surface area contributed by atoms with Gasteiger partial charge < -0.3 is 10.0 Å². The van der Waals surface area contributed by atoms with Crippen LogP contribution in [0.25, 0.3) is 0 Å². The van der Waals surface area contributed by atoms with Crippen LogP contribution in [0.3, 0.4) is 0 Å². The Morgan fingerprint density at radius 3 is 2.44 bits per heavy atom. The number of benzene rings is 1. The number of nitro benzene ring substituents is 1. The Morgan fingerprint density at radius 1 is 1.50 bits per heavy atom. The van der Waals surface area contributed by atoms with Gasteiger partial charge in [0.15, 0.2) is 0 Å². The summed E-state index contributed by atoms with van der Waals surface area (Å²) in [5, 5.41) is 19.2. The Hall–Kier alpha value is -1.82. The molecule has 0 fully saturated rings. The first-order valence-electron chi connectivity index (χ1n) is 4.23. The molecule has 1 aromatic rings. The zero-order valence-corrected chi connectivity index (χ0v) is 9.35. The van der Waals surface area contributed by atoms with E-state index in [1.165, 1.54) is 17.0 Å². The number of anilines is 1. The van der Waals surface area contributed by atoms with Crippen molar-refractivity contribution in [2.45, 2.75) is 0 Å². The lowest BCUT2D eigenvalue weighted by Gasteiger charge is -2.15. The van der Waals surface area contributed by atoms with E-state index in [0.29, 0.717) is 5.69 Å². The first kappa shape index (κ1) is 12.3. The van der Waals surface area contributed by atoms with E-state index in [9.17, 15) is 14.9 Å². The highest BCUT2D eigenvalue weighted by Crippen LogP contribution is 2.34. The summed E-state index contributed by atoms with van der Waals surface area (Å²) in [5.74, 6) is -1.29. The third-order valence-electron chi connectivity index (χ3n) is 1.99. The molecule has 0 heterocycles. The number of rotatable bonds is 3. The van der Waals surface area contributed by atoms with Gasteiger partial charge in [0.1, 0.15) is 10.6 Å². The van der Waals surface area contributed by atoms with Gasteiger partial charge in [-0.1, -0.05) is 11.6 Å². The third kappa shape index (κ3) is 2.06. The number of nitro groups is 1. The molecule has 0 aliphatic rings. The van der Waals surface area contributed by atoms with Crippen molar-refractivity contribution in [2.24, 2.45) is 0 Å². The first-order chi connectivity index (χ1) is 7.36. The van der Waals surface area contributed by atoms with E-state index in [0.717, 1.165) is 0 Å². The number of hydrogen-bond acceptors (Lipinski definition) is 4. The van der Waals surface area contributed by atoms with E-state index < -0.39 is 16.6 Å². The van der Waals surface area contributed by atoms with Crippen LogP contribution in [-0.2, 0) is 0 Å². The Kier molecular flexibility index (Phi) is 3.34. The molecular weight excluding hydrogens is 236 g/mol. The number of nitrogens with zero attached hydrogens (tertiary/aromatic N) is 2. The van der Waals surface area contributed by atoms with Crippen molar-refractivity contribution in [3.05, 3.63) is 32.8 Å².